The standard InChI is InChI=1S/C17H30N4O8S/c1-7(2)12(15(26)19-10(6-30)17(28)29)20-16(27)13(8(3)22)21-14(25)9(18)4-5-11(23)24/h7-10,12-13,22,30H,4-6,18H2,1-3H3,(H,19,26)(H,20,27)(H,21,25)(H,23,24)(H,28,29). The van der Waals surface area contributed by atoms with Crippen LogP contribution < -0.4 is 21.7 Å². The normalized spacial score (nSPS) is 16.0. The van der Waals surface area contributed by atoms with Crippen molar-refractivity contribution in [3.8, 4) is 0 Å². The molecule has 0 saturated heterocycles. The molecule has 5 unspecified atom stereocenters. The van der Waals surface area contributed by atoms with Gasteiger partial charge in [-0.2, -0.15) is 12.6 Å². The third kappa shape index (κ3) is 9.41. The Hall–Kier alpha value is -2.38. The number of rotatable bonds is 13. The predicted octanol–water partition coefficient (Wildman–Crippen LogP) is -2.32. The van der Waals surface area contributed by atoms with E-state index >= 15 is 0 Å². The number of aliphatic hydroxyl groups is 1. The van der Waals surface area contributed by atoms with Gasteiger partial charge in [0.2, 0.25) is 17.7 Å². The average Bonchev–Trinajstić information content (AvgIpc) is 2.64. The van der Waals surface area contributed by atoms with Crippen molar-refractivity contribution in [3.63, 3.8) is 0 Å². The predicted molar refractivity (Wildman–Crippen MR) is 109 cm³/mol. The maximum Gasteiger partial charge on any atom is 0.327 e. The lowest BCUT2D eigenvalue weighted by Crippen LogP contribution is -2.60. The molecule has 0 fully saturated rings. The van der Waals surface area contributed by atoms with Crippen LogP contribution in [-0.4, -0.2) is 81.0 Å². The molecule has 13 heteroatoms. The summed E-state index contributed by atoms with van der Waals surface area (Å²) in [5.41, 5.74) is 5.59. The average molecular weight is 451 g/mol. The van der Waals surface area contributed by atoms with Crippen molar-refractivity contribution in [1.82, 2.24) is 16.0 Å². The quantitative estimate of drug-likeness (QED) is 0.141. The molecule has 0 aromatic carbocycles. The molecule has 0 aliphatic rings. The van der Waals surface area contributed by atoms with Gasteiger partial charge in [0.05, 0.1) is 12.1 Å². The lowest BCUT2D eigenvalue weighted by molar-refractivity contribution is -0.142. The number of nitrogens with two attached hydrogens (primary N) is 1. The molecule has 0 aliphatic heterocycles. The highest BCUT2D eigenvalue weighted by Gasteiger charge is 2.33. The maximum atomic E-state index is 12.6. The molecule has 0 aliphatic carbocycles. The number of amides is 3. The van der Waals surface area contributed by atoms with Gasteiger partial charge in [-0.05, 0) is 19.3 Å². The smallest absolute Gasteiger partial charge is 0.327 e. The van der Waals surface area contributed by atoms with Crippen LogP contribution in [0.4, 0.5) is 0 Å². The van der Waals surface area contributed by atoms with Crippen molar-refractivity contribution in [2.45, 2.75) is 63.9 Å². The summed E-state index contributed by atoms with van der Waals surface area (Å²) in [5, 5.41) is 34.4. The maximum absolute atomic E-state index is 12.6. The zero-order chi connectivity index (χ0) is 23.6. The molecule has 172 valence electrons. The van der Waals surface area contributed by atoms with Crippen molar-refractivity contribution >= 4 is 42.3 Å². The number of thiol groups is 1. The second-order valence-corrected chi connectivity index (χ2v) is 7.44. The molecule has 8 N–H and O–H groups in total. The first-order chi connectivity index (χ1) is 13.8. The van der Waals surface area contributed by atoms with E-state index in [1.54, 1.807) is 13.8 Å². The van der Waals surface area contributed by atoms with E-state index in [0.717, 1.165) is 0 Å². The largest absolute Gasteiger partial charge is 0.481 e. The molecular formula is C17H30N4O8S. The van der Waals surface area contributed by atoms with Crippen LogP contribution >= 0.6 is 12.6 Å². The summed E-state index contributed by atoms with van der Waals surface area (Å²) in [5.74, 6) is -5.56. The van der Waals surface area contributed by atoms with Gasteiger partial charge in [-0.15, -0.1) is 0 Å². The third-order valence-electron chi connectivity index (χ3n) is 4.11. The van der Waals surface area contributed by atoms with Gasteiger partial charge >= 0.3 is 11.9 Å². The second-order valence-electron chi connectivity index (χ2n) is 7.08. The Morgan fingerprint density at radius 2 is 1.40 bits per heavy atom. The van der Waals surface area contributed by atoms with Crippen LogP contribution in [-0.2, 0) is 24.0 Å². The summed E-state index contributed by atoms with van der Waals surface area (Å²) >= 11 is 3.85. The van der Waals surface area contributed by atoms with Crippen LogP contribution in [0.15, 0.2) is 0 Å². The van der Waals surface area contributed by atoms with Crippen molar-refractivity contribution in [2.24, 2.45) is 11.7 Å². The third-order valence-corrected chi connectivity index (χ3v) is 4.48. The molecule has 5 atom stereocenters. The number of aliphatic carboxylic acids is 2. The van der Waals surface area contributed by atoms with E-state index in [-0.39, 0.29) is 18.6 Å². The summed E-state index contributed by atoms with van der Waals surface area (Å²) in [6.45, 7) is 4.46. The minimum Gasteiger partial charge on any atom is -0.481 e. The molecule has 0 heterocycles. The van der Waals surface area contributed by atoms with Crippen molar-refractivity contribution in [2.75, 3.05) is 5.75 Å². The Labute approximate surface area is 179 Å². The van der Waals surface area contributed by atoms with Gasteiger partial charge in [0.1, 0.15) is 18.1 Å². The summed E-state index contributed by atoms with van der Waals surface area (Å²) in [4.78, 5) is 58.8. The zero-order valence-electron chi connectivity index (χ0n) is 17.0. The van der Waals surface area contributed by atoms with E-state index in [4.69, 9.17) is 15.9 Å². The molecule has 0 bridgehead atoms. The number of hydrogen-bond donors (Lipinski definition) is 8. The minimum absolute atomic E-state index is 0.166. The fraction of sp³-hybridized carbons (Fsp3) is 0.706. The first-order valence-electron chi connectivity index (χ1n) is 9.22. The minimum atomic E-state index is -1.47. The molecule has 0 aromatic heterocycles. The summed E-state index contributed by atoms with van der Waals surface area (Å²) < 4.78 is 0. The molecule has 0 aromatic rings. The summed E-state index contributed by atoms with van der Waals surface area (Å²) in [7, 11) is 0. The number of nitrogens with one attached hydrogen (secondary N) is 3. The molecule has 30 heavy (non-hydrogen) atoms. The van der Waals surface area contributed by atoms with E-state index in [1.165, 1.54) is 6.92 Å². The van der Waals surface area contributed by atoms with Gasteiger partial charge in [-0.1, -0.05) is 13.8 Å². The fourth-order valence-electron chi connectivity index (χ4n) is 2.30. The van der Waals surface area contributed by atoms with Crippen molar-refractivity contribution in [3.05, 3.63) is 0 Å². The number of hydrogen-bond acceptors (Lipinski definition) is 8. The first-order valence-corrected chi connectivity index (χ1v) is 9.85. The Bertz CT molecular complexity index is 643. The van der Waals surface area contributed by atoms with Gasteiger partial charge in [-0.3, -0.25) is 19.2 Å². The molecular weight excluding hydrogens is 420 g/mol. The molecule has 3 amide bonds. The highest BCUT2D eigenvalue weighted by molar-refractivity contribution is 7.80. The van der Waals surface area contributed by atoms with E-state index < -0.39 is 65.8 Å². The first kappa shape index (κ1) is 27.6. The molecule has 0 rings (SSSR count). The van der Waals surface area contributed by atoms with E-state index in [1.807, 2.05) is 0 Å². The van der Waals surface area contributed by atoms with Crippen LogP contribution in [0.25, 0.3) is 0 Å². The SMILES string of the molecule is CC(C)C(NC(=O)C(NC(=O)C(N)CCC(=O)O)C(C)O)C(=O)NC(CS)C(=O)O. The van der Waals surface area contributed by atoms with Gasteiger partial charge in [0, 0.05) is 12.2 Å². The fourth-order valence-corrected chi connectivity index (χ4v) is 2.55. The Kier molecular flexibility index (Phi) is 12.0. The van der Waals surface area contributed by atoms with E-state index in [0.29, 0.717) is 0 Å². The number of carbonyl (C=O) groups is 5. The molecule has 0 radical (unpaired) electrons. The number of carboxylic acid groups (broad SMARTS) is 2. The Morgan fingerprint density at radius 1 is 0.900 bits per heavy atom. The van der Waals surface area contributed by atoms with E-state index in [9.17, 15) is 29.1 Å². The number of carboxylic acids is 2. The van der Waals surface area contributed by atoms with Crippen LogP contribution in [0.3, 0.4) is 0 Å². The van der Waals surface area contributed by atoms with Gasteiger partial charge in [-0.25, -0.2) is 4.79 Å². The molecule has 12 nitrogen and oxygen atoms in total. The van der Waals surface area contributed by atoms with Crippen LogP contribution in [0.2, 0.25) is 0 Å². The molecule has 0 saturated carbocycles. The topological polar surface area (TPSA) is 208 Å². The monoisotopic (exact) mass is 450 g/mol. The van der Waals surface area contributed by atoms with Crippen LogP contribution in [0.5, 0.6) is 0 Å². The Balaban J connectivity index is 5.23. The van der Waals surface area contributed by atoms with Gasteiger partial charge < -0.3 is 37.0 Å². The lowest BCUT2D eigenvalue weighted by Gasteiger charge is -2.27. The van der Waals surface area contributed by atoms with Crippen molar-refractivity contribution in [1.29, 1.82) is 0 Å². The molecule has 0 spiro atoms. The second kappa shape index (κ2) is 13.0. The number of aliphatic hydroxyl groups excluding tert-OH is 1. The zero-order valence-corrected chi connectivity index (χ0v) is 17.9. The van der Waals surface area contributed by atoms with Crippen LogP contribution in [0.1, 0.15) is 33.6 Å². The van der Waals surface area contributed by atoms with E-state index in [2.05, 4.69) is 28.6 Å². The highest BCUT2D eigenvalue weighted by Crippen LogP contribution is 2.06. The number of carbonyl (C=O) groups excluding carboxylic acids is 3. The highest BCUT2D eigenvalue weighted by atomic mass is 32.1. The van der Waals surface area contributed by atoms with Gasteiger partial charge in [0.15, 0.2) is 0 Å². The summed E-state index contributed by atoms with van der Waals surface area (Å²) in [6.07, 6.45) is -1.89. The van der Waals surface area contributed by atoms with Crippen LogP contribution in [0, 0.1) is 5.92 Å². The van der Waals surface area contributed by atoms with Gasteiger partial charge in [0.25, 0.3) is 0 Å². The lowest BCUT2D eigenvalue weighted by atomic mass is 10.0. The van der Waals surface area contributed by atoms with Crippen molar-refractivity contribution < 1.29 is 39.3 Å². The Morgan fingerprint density at radius 3 is 1.80 bits per heavy atom. The summed E-state index contributed by atoms with van der Waals surface area (Å²) in [6, 6.07) is -5.11.